The van der Waals surface area contributed by atoms with E-state index in [4.69, 9.17) is 0 Å². The van der Waals surface area contributed by atoms with Crippen LogP contribution in [0.2, 0.25) is 0 Å². The van der Waals surface area contributed by atoms with Gasteiger partial charge in [-0.05, 0) is 17.0 Å². The third kappa shape index (κ3) is 1.48. The Balaban J connectivity index is 0.000000720. The summed E-state index contributed by atoms with van der Waals surface area (Å²) in [6.07, 6.45) is 3.80. The molecule has 1 N–H and O–H groups in total. The summed E-state index contributed by atoms with van der Waals surface area (Å²) < 4.78 is 0. The van der Waals surface area contributed by atoms with Crippen LogP contribution in [0, 0.1) is 0 Å². The van der Waals surface area contributed by atoms with Crippen molar-refractivity contribution in [3.8, 4) is 0 Å². The van der Waals surface area contributed by atoms with Crippen molar-refractivity contribution in [1.82, 2.24) is 4.98 Å². The number of hydrogen-bond donors (Lipinski definition) is 1. The quantitative estimate of drug-likeness (QED) is 0.572. The summed E-state index contributed by atoms with van der Waals surface area (Å²) in [5.41, 5.74) is 2.33. The van der Waals surface area contributed by atoms with E-state index in [0.29, 0.717) is 0 Å². The van der Waals surface area contributed by atoms with E-state index in [9.17, 15) is 0 Å². The molecule has 0 unspecified atom stereocenters. The molecule has 56 valence electrons. The zero-order valence-corrected chi connectivity index (χ0v) is 9.17. The minimum Gasteiger partial charge on any atom is -1.00 e. The number of aromatic nitrogens is 1. The molecule has 0 aliphatic carbocycles. The molecule has 0 aliphatic heterocycles. The molecule has 1 nitrogen and oxygen atoms in total. The molecule has 1 aromatic carbocycles. The van der Waals surface area contributed by atoms with Crippen molar-refractivity contribution in [3.05, 3.63) is 42.6 Å². The fourth-order valence-electron chi connectivity index (χ4n) is 1.28. The Morgan fingerprint density at radius 2 is 2.17 bits per heavy atom. The van der Waals surface area contributed by atoms with Gasteiger partial charge in [0.25, 0.3) is 0 Å². The molecule has 2 rings (SSSR count). The number of hydrogen-bond acceptors (Lipinski definition) is 0. The molecule has 0 saturated heterocycles. The topological polar surface area (TPSA) is 15.8 Å². The van der Waals surface area contributed by atoms with Crippen LogP contribution in [0.15, 0.2) is 37.0 Å². The van der Waals surface area contributed by atoms with E-state index in [1.807, 2.05) is 24.4 Å². The van der Waals surface area contributed by atoms with Crippen LogP contribution in [-0.2, 0) is 0 Å². The number of nitrogens with one attached hydrogen (secondary N) is 1. The maximum atomic E-state index is 3.74. The molecule has 0 fully saturated rings. The maximum Gasteiger partial charge on any atom is 1.00 e. The van der Waals surface area contributed by atoms with Gasteiger partial charge in [-0.15, -0.1) is 0 Å². The molecule has 0 atom stereocenters. The number of rotatable bonds is 1. The molecule has 0 spiro atoms. The number of benzene rings is 1. The zero-order valence-electron chi connectivity index (χ0n) is 8.17. The van der Waals surface area contributed by atoms with Crippen LogP contribution in [0.3, 0.4) is 0 Å². The second-order valence-electron chi connectivity index (χ2n) is 2.49. The van der Waals surface area contributed by atoms with Gasteiger partial charge in [0.2, 0.25) is 0 Å². The monoisotopic (exact) mass is 167 g/mol. The SMILES string of the molecule is C=Cc1cccc2cc[nH]c12.[H-].[Na+]. The predicted octanol–water partition coefficient (Wildman–Crippen LogP) is -0.0726. The summed E-state index contributed by atoms with van der Waals surface area (Å²) in [6, 6.07) is 8.22. The fraction of sp³-hybridized carbons (Fsp3) is 0. The van der Waals surface area contributed by atoms with E-state index in [1.54, 1.807) is 0 Å². The van der Waals surface area contributed by atoms with Gasteiger partial charge in [0.1, 0.15) is 0 Å². The number of para-hydroxylation sites is 1. The first kappa shape index (κ1) is 9.59. The van der Waals surface area contributed by atoms with Crippen molar-refractivity contribution in [2.45, 2.75) is 0 Å². The van der Waals surface area contributed by atoms with Gasteiger partial charge in [0, 0.05) is 6.20 Å². The summed E-state index contributed by atoms with van der Waals surface area (Å²) >= 11 is 0. The molecular formula is C10H10NNa. The van der Waals surface area contributed by atoms with E-state index < -0.39 is 0 Å². The van der Waals surface area contributed by atoms with Gasteiger partial charge in [-0.25, -0.2) is 0 Å². The molecule has 1 heterocycles. The third-order valence-electron chi connectivity index (χ3n) is 1.84. The first-order chi connectivity index (χ1) is 5.42. The van der Waals surface area contributed by atoms with E-state index in [0.717, 1.165) is 5.56 Å². The van der Waals surface area contributed by atoms with Crippen molar-refractivity contribution < 1.29 is 31.0 Å². The number of H-pyrrole nitrogens is 1. The number of aromatic amines is 1. The Morgan fingerprint density at radius 3 is 2.92 bits per heavy atom. The molecule has 2 heteroatoms. The van der Waals surface area contributed by atoms with E-state index >= 15 is 0 Å². The molecule has 0 aliphatic rings. The average Bonchev–Trinajstić information content (AvgIpc) is 2.50. The molecule has 0 saturated carbocycles. The van der Waals surface area contributed by atoms with Crippen LogP contribution in [0.4, 0.5) is 0 Å². The van der Waals surface area contributed by atoms with Crippen LogP contribution in [-0.4, -0.2) is 4.98 Å². The standard InChI is InChI=1S/C10H9N.Na.H/c1-2-8-4-3-5-9-6-7-11-10(8)9;;/h2-7,11H,1H2;;/q;+1;-1. The molecule has 0 amide bonds. The smallest absolute Gasteiger partial charge is 1.00 e. The van der Waals surface area contributed by atoms with Crippen LogP contribution in [0.5, 0.6) is 0 Å². The molecule has 0 bridgehead atoms. The largest absolute Gasteiger partial charge is 1.00 e. The van der Waals surface area contributed by atoms with Crippen LogP contribution < -0.4 is 29.6 Å². The minimum atomic E-state index is 0. The average molecular weight is 167 g/mol. The van der Waals surface area contributed by atoms with Gasteiger partial charge in [-0.3, -0.25) is 0 Å². The van der Waals surface area contributed by atoms with Gasteiger partial charge < -0.3 is 6.41 Å². The summed E-state index contributed by atoms with van der Waals surface area (Å²) in [5.74, 6) is 0. The summed E-state index contributed by atoms with van der Waals surface area (Å²) in [6.45, 7) is 3.74. The summed E-state index contributed by atoms with van der Waals surface area (Å²) in [4.78, 5) is 3.17. The number of fused-ring (bicyclic) bond motifs is 1. The second kappa shape index (κ2) is 3.94. The fourth-order valence-corrected chi connectivity index (χ4v) is 1.28. The molecule has 12 heavy (non-hydrogen) atoms. The Hall–Kier alpha value is -0.500. The van der Waals surface area contributed by atoms with Crippen LogP contribution in [0.1, 0.15) is 6.99 Å². The van der Waals surface area contributed by atoms with Gasteiger partial charge in [-0.1, -0.05) is 30.9 Å². The first-order valence-corrected chi connectivity index (χ1v) is 3.60. The third-order valence-corrected chi connectivity index (χ3v) is 1.84. The normalized spacial score (nSPS) is 9.33. The first-order valence-electron chi connectivity index (χ1n) is 3.60. The minimum absolute atomic E-state index is 0. The van der Waals surface area contributed by atoms with Crippen molar-refractivity contribution in [1.29, 1.82) is 0 Å². The van der Waals surface area contributed by atoms with Crippen molar-refractivity contribution in [2.24, 2.45) is 0 Å². The van der Waals surface area contributed by atoms with Crippen molar-refractivity contribution in [2.75, 3.05) is 0 Å². The van der Waals surface area contributed by atoms with Crippen molar-refractivity contribution >= 4 is 17.0 Å². The van der Waals surface area contributed by atoms with E-state index in [-0.39, 0.29) is 31.0 Å². The molecular weight excluding hydrogens is 157 g/mol. The van der Waals surface area contributed by atoms with Gasteiger partial charge >= 0.3 is 29.6 Å². The second-order valence-corrected chi connectivity index (χ2v) is 2.49. The van der Waals surface area contributed by atoms with Crippen LogP contribution in [0.25, 0.3) is 17.0 Å². The van der Waals surface area contributed by atoms with Gasteiger partial charge in [0.15, 0.2) is 0 Å². The molecule has 2 aromatic rings. The van der Waals surface area contributed by atoms with Gasteiger partial charge in [0.05, 0.1) is 5.52 Å². The molecule has 0 radical (unpaired) electrons. The van der Waals surface area contributed by atoms with Crippen molar-refractivity contribution in [3.63, 3.8) is 0 Å². The maximum absolute atomic E-state index is 3.74. The zero-order chi connectivity index (χ0) is 7.68. The Morgan fingerprint density at radius 1 is 1.33 bits per heavy atom. The van der Waals surface area contributed by atoms with E-state index in [1.165, 1.54) is 10.9 Å². The summed E-state index contributed by atoms with van der Waals surface area (Å²) in [5, 5.41) is 1.24. The van der Waals surface area contributed by atoms with Crippen LogP contribution >= 0.6 is 0 Å². The Bertz CT molecular complexity index is 394. The Labute approximate surface area is 95.3 Å². The van der Waals surface area contributed by atoms with Gasteiger partial charge in [-0.2, -0.15) is 0 Å². The summed E-state index contributed by atoms with van der Waals surface area (Å²) in [7, 11) is 0. The Kier molecular flexibility index (Phi) is 3.15. The predicted molar refractivity (Wildman–Crippen MR) is 49.5 cm³/mol. The van der Waals surface area contributed by atoms with E-state index in [2.05, 4.69) is 23.7 Å². The molecule has 1 aromatic heterocycles.